The molecule has 6 heteroatoms. The molecule has 25 heavy (non-hydrogen) atoms. The Morgan fingerprint density at radius 1 is 1.44 bits per heavy atom. The third-order valence-electron chi connectivity index (χ3n) is 7.33. The SMILES string of the molecule is CC=CC(=O)O[C@@H]1C[C@H]2O[C@@H]3C=C(C)[C@@H](O)[C@@H]4OC[C@@]2(O)[C@@]1(C)[C@@]34C. The first kappa shape index (κ1) is 17.2. The predicted molar refractivity (Wildman–Crippen MR) is 88.6 cm³/mol. The van der Waals surface area contributed by atoms with Crippen molar-refractivity contribution in [1.82, 2.24) is 0 Å². The van der Waals surface area contributed by atoms with Crippen molar-refractivity contribution in [3.63, 3.8) is 0 Å². The summed E-state index contributed by atoms with van der Waals surface area (Å²) in [7, 11) is 0. The second-order valence-corrected chi connectivity index (χ2v) is 8.20. The van der Waals surface area contributed by atoms with E-state index in [0.717, 1.165) is 5.57 Å². The maximum Gasteiger partial charge on any atom is 0.330 e. The van der Waals surface area contributed by atoms with E-state index in [9.17, 15) is 15.0 Å². The molecular weight excluding hydrogens is 324 g/mol. The maximum absolute atomic E-state index is 12.1. The van der Waals surface area contributed by atoms with E-state index >= 15 is 0 Å². The van der Waals surface area contributed by atoms with Crippen molar-refractivity contribution < 1.29 is 29.2 Å². The van der Waals surface area contributed by atoms with Crippen LogP contribution in [0.15, 0.2) is 23.8 Å². The highest BCUT2D eigenvalue weighted by molar-refractivity contribution is 5.82. The number of carbonyl (C=O) groups is 1. The van der Waals surface area contributed by atoms with E-state index in [1.165, 1.54) is 6.08 Å². The molecule has 3 fully saturated rings. The summed E-state index contributed by atoms with van der Waals surface area (Å²) in [5.41, 5.74) is -1.95. The van der Waals surface area contributed by atoms with Gasteiger partial charge in [-0.1, -0.05) is 26.0 Å². The summed E-state index contributed by atoms with van der Waals surface area (Å²) in [4.78, 5) is 12.1. The average molecular weight is 350 g/mol. The van der Waals surface area contributed by atoms with Gasteiger partial charge >= 0.3 is 5.97 Å². The molecule has 8 atom stereocenters. The number of aliphatic hydroxyl groups excluding tert-OH is 1. The predicted octanol–water partition coefficient (Wildman–Crippen LogP) is 1.11. The van der Waals surface area contributed by atoms with E-state index < -0.39 is 46.8 Å². The maximum atomic E-state index is 12.1. The van der Waals surface area contributed by atoms with Gasteiger partial charge in [-0.25, -0.2) is 4.79 Å². The quantitative estimate of drug-likeness (QED) is 0.441. The molecule has 2 N–H and O–H groups in total. The Morgan fingerprint density at radius 3 is 2.84 bits per heavy atom. The number of ether oxygens (including phenoxy) is 3. The Labute approximate surface area is 147 Å². The second-order valence-electron chi connectivity index (χ2n) is 8.20. The van der Waals surface area contributed by atoms with Crippen molar-refractivity contribution in [3.05, 3.63) is 23.8 Å². The van der Waals surface area contributed by atoms with Gasteiger partial charge in [-0.05, 0) is 19.4 Å². The number of esters is 1. The standard InChI is InChI=1S/C19H26O6/c1-5-6-14(20)25-12-8-13-19(22)9-23-16-15(21)10(2)7-11(24-13)17(16,3)18(12,19)4/h5-7,11-13,15-16,21-22H,8-9H2,1-4H3/t11-,12-,13-,15-,16+,17+,18-,19+/m1/s1. The number of carbonyl (C=O) groups excluding carboxylic acids is 1. The first-order chi connectivity index (χ1) is 11.7. The van der Waals surface area contributed by atoms with Crippen LogP contribution in [0, 0.1) is 10.8 Å². The molecule has 0 aromatic carbocycles. The second kappa shape index (κ2) is 5.16. The largest absolute Gasteiger partial charge is 0.458 e. The highest BCUT2D eigenvalue weighted by atomic mass is 16.6. The molecule has 4 rings (SSSR count). The van der Waals surface area contributed by atoms with Crippen molar-refractivity contribution in [1.29, 1.82) is 0 Å². The minimum Gasteiger partial charge on any atom is -0.458 e. The molecule has 0 aromatic heterocycles. The van der Waals surface area contributed by atoms with Crippen LogP contribution in [0.5, 0.6) is 0 Å². The van der Waals surface area contributed by atoms with Crippen molar-refractivity contribution in [2.45, 2.75) is 70.2 Å². The smallest absolute Gasteiger partial charge is 0.330 e. The lowest BCUT2D eigenvalue weighted by molar-refractivity contribution is -0.362. The van der Waals surface area contributed by atoms with Gasteiger partial charge in [0.2, 0.25) is 0 Å². The minimum absolute atomic E-state index is 0.0587. The molecule has 1 saturated carbocycles. The summed E-state index contributed by atoms with van der Waals surface area (Å²) in [5, 5.41) is 22.2. The van der Waals surface area contributed by atoms with Gasteiger partial charge in [-0.3, -0.25) is 0 Å². The third-order valence-corrected chi connectivity index (χ3v) is 7.33. The zero-order valence-corrected chi connectivity index (χ0v) is 15.1. The molecule has 6 nitrogen and oxygen atoms in total. The first-order valence-corrected chi connectivity index (χ1v) is 8.89. The fourth-order valence-electron chi connectivity index (χ4n) is 5.61. The fourth-order valence-corrected chi connectivity index (χ4v) is 5.61. The summed E-state index contributed by atoms with van der Waals surface area (Å²) in [6.45, 7) is 7.59. The molecule has 0 aromatic rings. The third kappa shape index (κ3) is 1.81. The molecule has 0 spiro atoms. The lowest BCUT2D eigenvalue weighted by Gasteiger charge is -2.67. The van der Waals surface area contributed by atoms with Gasteiger partial charge < -0.3 is 24.4 Å². The summed E-state index contributed by atoms with van der Waals surface area (Å²) in [6.07, 6.45) is 2.79. The molecule has 4 bridgehead atoms. The van der Waals surface area contributed by atoms with Gasteiger partial charge in [0, 0.05) is 23.3 Å². The number of hydrogen-bond donors (Lipinski definition) is 2. The Hall–Kier alpha value is -1.21. The van der Waals surface area contributed by atoms with Gasteiger partial charge in [-0.15, -0.1) is 0 Å². The normalized spacial score (nSPS) is 53.7. The van der Waals surface area contributed by atoms with Gasteiger partial charge in [0.05, 0.1) is 24.9 Å². The van der Waals surface area contributed by atoms with Crippen LogP contribution in [-0.4, -0.2) is 58.9 Å². The molecule has 4 aliphatic rings. The van der Waals surface area contributed by atoms with E-state index in [-0.39, 0.29) is 12.7 Å². The van der Waals surface area contributed by atoms with Crippen LogP contribution in [0.3, 0.4) is 0 Å². The van der Waals surface area contributed by atoms with E-state index in [1.54, 1.807) is 13.0 Å². The van der Waals surface area contributed by atoms with Gasteiger partial charge in [0.25, 0.3) is 0 Å². The summed E-state index contributed by atoms with van der Waals surface area (Å²) in [5.74, 6) is -0.426. The molecule has 0 radical (unpaired) electrons. The summed E-state index contributed by atoms with van der Waals surface area (Å²) >= 11 is 0. The molecular formula is C19H26O6. The summed E-state index contributed by atoms with van der Waals surface area (Å²) in [6, 6.07) is 0. The zero-order chi connectivity index (χ0) is 18.2. The summed E-state index contributed by atoms with van der Waals surface area (Å²) < 4.78 is 18.0. The van der Waals surface area contributed by atoms with E-state index in [2.05, 4.69) is 0 Å². The van der Waals surface area contributed by atoms with E-state index in [1.807, 2.05) is 26.8 Å². The number of hydrogen-bond acceptors (Lipinski definition) is 6. The topological polar surface area (TPSA) is 85.2 Å². The average Bonchev–Trinajstić information content (AvgIpc) is 2.69. The van der Waals surface area contributed by atoms with E-state index in [4.69, 9.17) is 14.2 Å². The lowest BCUT2D eigenvalue weighted by atomic mass is 9.48. The van der Waals surface area contributed by atoms with Crippen LogP contribution in [-0.2, 0) is 19.0 Å². The number of rotatable bonds is 2. The van der Waals surface area contributed by atoms with Crippen LogP contribution >= 0.6 is 0 Å². The molecule has 2 aliphatic heterocycles. The molecule has 2 aliphatic carbocycles. The van der Waals surface area contributed by atoms with Gasteiger partial charge in [0.1, 0.15) is 17.8 Å². The van der Waals surface area contributed by atoms with Crippen LogP contribution in [0.2, 0.25) is 0 Å². The lowest BCUT2D eigenvalue weighted by Crippen LogP contribution is -2.78. The van der Waals surface area contributed by atoms with Crippen molar-refractivity contribution >= 4 is 5.97 Å². The Balaban J connectivity index is 1.84. The van der Waals surface area contributed by atoms with Crippen LogP contribution < -0.4 is 0 Å². The number of aliphatic hydroxyl groups is 2. The Bertz CT molecular complexity index is 671. The molecule has 2 saturated heterocycles. The van der Waals surface area contributed by atoms with Crippen molar-refractivity contribution in [3.8, 4) is 0 Å². The van der Waals surface area contributed by atoms with Gasteiger partial charge in [-0.2, -0.15) is 0 Å². The zero-order valence-electron chi connectivity index (χ0n) is 15.1. The van der Waals surface area contributed by atoms with Crippen LogP contribution in [0.25, 0.3) is 0 Å². The fraction of sp³-hybridized carbons (Fsp3) is 0.737. The molecule has 138 valence electrons. The van der Waals surface area contributed by atoms with Crippen molar-refractivity contribution in [2.75, 3.05) is 6.61 Å². The minimum atomic E-state index is -1.26. The highest BCUT2D eigenvalue weighted by Crippen LogP contribution is 2.69. The monoisotopic (exact) mass is 350 g/mol. The van der Waals surface area contributed by atoms with Crippen LogP contribution in [0.4, 0.5) is 0 Å². The molecule has 0 amide bonds. The highest BCUT2D eigenvalue weighted by Gasteiger charge is 2.81. The Morgan fingerprint density at radius 2 is 2.16 bits per heavy atom. The Kier molecular flexibility index (Phi) is 3.55. The van der Waals surface area contributed by atoms with Crippen LogP contribution in [0.1, 0.15) is 34.1 Å². The molecule has 2 heterocycles. The van der Waals surface area contributed by atoms with Crippen molar-refractivity contribution in [2.24, 2.45) is 10.8 Å². The molecule has 0 unspecified atom stereocenters. The van der Waals surface area contributed by atoms with Gasteiger partial charge in [0.15, 0.2) is 0 Å². The number of allylic oxidation sites excluding steroid dienone is 1. The van der Waals surface area contributed by atoms with E-state index in [0.29, 0.717) is 6.42 Å². The first-order valence-electron chi connectivity index (χ1n) is 8.89.